The molecule has 6 heteroatoms. The molecule has 0 aliphatic carbocycles. The second kappa shape index (κ2) is 8.53. The Morgan fingerprint density at radius 1 is 1.30 bits per heavy atom. The van der Waals surface area contributed by atoms with Gasteiger partial charge in [-0.1, -0.05) is 18.2 Å². The largest absolute Gasteiger partial charge is 0.466 e. The van der Waals surface area contributed by atoms with E-state index in [1.165, 1.54) is 0 Å². The number of nitrogens with zero attached hydrogens (tertiary/aromatic N) is 1. The third-order valence-corrected chi connectivity index (χ3v) is 3.94. The molecule has 0 aromatic heterocycles. The lowest BCUT2D eigenvalue weighted by Crippen LogP contribution is -2.50. The molecule has 0 saturated carbocycles. The first-order valence-corrected chi connectivity index (χ1v) is 8.10. The standard InChI is InChI=1S/C17H25N3O3/c1-2-23-16(21)9-8-13-10-14(18)12-20(11-13)17(22)19-15-6-4-3-5-7-15/h3-7,13-14H,2,8-12,18H2,1H3,(H,19,22). The van der Waals surface area contributed by atoms with Crippen molar-refractivity contribution in [3.8, 4) is 0 Å². The number of likely N-dealkylation sites (tertiary alicyclic amines) is 1. The molecule has 2 amide bonds. The number of nitrogens with one attached hydrogen (secondary N) is 1. The Kier molecular flexibility index (Phi) is 6.40. The van der Waals surface area contributed by atoms with Gasteiger partial charge in [-0.25, -0.2) is 4.79 Å². The van der Waals surface area contributed by atoms with Gasteiger partial charge in [0, 0.05) is 31.2 Å². The lowest BCUT2D eigenvalue weighted by molar-refractivity contribution is -0.143. The van der Waals surface area contributed by atoms with Crippen LogP contribution in [0.2, 0.25) is 0 Å². The Morgan fingerprint density at radius 2 is 2.04 bits per heavy atom. The van der Waals surface area contributed by atoms with E-state index in [-0.39, 0.29) is 24.0 Å². The zero-order chi connectivity index (χ0) is 16.7. The third kappa shape index (κ3) is 5.56. The van der Waals surface area contributed by atoms with Crippen molar-refractivity contribution in [2.24, 2.45) is 11.7 Å². The van der Waals surface area contributed by atoms with E-state index in [9.17, 15) is 9.59 Å². The molecule has 2 atom stereocenters. The average molecular weight is 319 g/mol. The van der Waals surface area contributed by atoms with E-state index in [1.54, 1.807) is 11.8 Å². The summed E-state index contributed by atoms with van der Waals surface area (Å²) in [6.45, 7) is 3.35. The van der Waals surface area contributed by atoms with Crippen molar-refractivity contribution in [3.05, 3.63) is 30.3 Å². The molecule has 23 heavy (non-hydrogen) atoms. The molecule has 1 heterocycles. The van der Waals surface area contributed by atoms with Gasteiger partial charge in [-0.3, -0.25) is 4.79 Å². The minimum atomic E-state index is -0.188. The van der Waals surface area contributed by atoms with E-state index in [1.807, 2.05) is 30.3 Å². The van der Waals surface area contributed by atoms with Crippen LogP contribution in [0.1, 0.15) is 26.2 Å². The molecule has 0 bridgehead atoms. The maximum absolute atomic E-state index is 12.4. The van der Waals surface area contributed by atoms with Gasteiger partial charge in [-0.2, -0.15) is 0 Å². The normalized spacial score (nSPS) is 20.9. The SMILES string of the molecule is CCOC(=O)CCC1CC(N)CN(C(=O)Nc2ccccc2)C1. The summed E-state index contributed by atoms with van der Waals surface area (Å²) in [5, 5.41) is 2.88. The highest BCUT2D eigenvalue weighted by Gasteiger charge is 2.28. The van der Waals surface area contributed by atoms with Crippen molar-refractivity contribution in [2.45, 2.75) is 32.2 Å². The van der Waals surface area contributed by atoms with Gasteiger partial charge in [-0.15, -0.1) is 0 Å². The van der Waals surface area contributed by atoms with E-state index in [0.717, 1.165) is 12.1 Å². The smallest absolute Gasteiger partial charge is 0.321 e. The Hall–Kier alpha value is -2.08. The first kappa shape index (κ1) is 17.3. The van der Waals surface area contributed by atoms with Crippen LogP contribution < -0.4 is 11.1 Å². The van der Waals surface area contributed by atoms with Gasteiger partial charge in [-0.05, 0) is 37.8 Å². The number of hydrogen-bond donors (Lipinski definition) is 2. The number of carbonyl (C=O) groups is 2. The minimum absolute atomic E-state index is 0.0579. The lowest BCUT2D eigenvalue weighted by Gasteiger charge is -2.36. The summed E-state index contributed by atoms with van der Waals surface area (Å²) in [5.41, 5.74) is 6.84. The third-order valence-electron chi connectivity index (χ3n) is 3.94. The quantitative estimate of drug-likeness (QED) is 0.815. The van der Waals surface area contributed by atoms with Gasteiger partial charge < -0.3 is 20.7 Å². The van der Waals surface area contributed by atoms with Crippen LogP contribution in [0.3, 0.4) is 0 Å². The van der Waals surface area contributed by atoms with E-state index in [2.05, 4.69) is 5.32 Å². The minimum Gasteiger partial charge on any atom is -0.466 e. The first-order chi connectivity index (χ1) is 11.1. The number of rotatable bonds is 5. The second-order valence-electron chi connectivity index (χ2n) is 5.91. The molecule has 3 N–H and O–H groups in total. The molecule has 1 aliphatic rings. The molecule has 6 nitrogen and oxygen atoms in total. The number of ether oxygens (including phenoxy) is 1. The Bertz CT molecular complexity index is 521. The zero-order valence-electron chi connectivity index (χ0n) is 13.5. The summed E-state index contributed by atoms with van der Waals surface area (Å²) >= 11 is 0. The van der Waals surface area contributed by atoms with Gasteiger partial charge in [0.15, 0.2) is 0 Å². The van der Waals surface area contributed by atoms with Crippen molar-refractivity contribution < 1.29 is 14.3 Å². The highest BCUT2D eigenvalue weighted by molar-refractivity contribution is 5.89. The molecule has 1 aromatic carbocycles. The Labute approximate surface area is 137 Å². The van der Waals surface area contributed by atoms with Crippen molar-refractivity contribution in [1.82, 2.24) is 4.90 Å². The van der Waals surface area contributed by atoms with E-state index in [4.69, 9.17) is 10.5 Å². The predicted octanol–water partition coefficient (Wildman–Crippen LogP) is 2.21. The van der Waals surface area contributed by atoms with Gasteiger partial charge in [0.2, 0.25) is 0 Å². The van der Waals surface area contributed by atoms with Gasteiger partial charge in [0.05, 0.1) is 6.61 Å². The van der Waals surface area contributed by atoms with E-state index in [0.29, 0.717) is 32.5 Å². The van der Waals surface area contributed by atoms with Gasteiger partial charge >= 0.3 is 12.0 Å². The fourth-order valence-electron chi connectivity index (χ4n) is 2.90. The van der Waals surface area contributed by atoms with Crippen LogP contribution in [0.4, 0.5) is 10.5 Å². The van der Waals surface area contributed by atoms with Crippen LogP contribution in [0.25, 0.3) is 0 Å². The zero-order valence-corrected chi connectivity index (χ0v) is 13.5. The molecule has 2 unspecified atom stereocenters. The molecule has 0 radical (unpaired) electrons. The highest BCUT2D eigenvalue weighted by atomic mass is 16.5. The predicted molar refractivity (Wildman–Crippen MR) is 89.0 cm³/mol. The van der Waals surface area contributed by atoms with Crippen molar-refractivity contribution in [2.75, 3.05) is 25.0 Å². The summed E-state index contributed by atoms with van der Waals surface area (Å²) in [7, 11) is 0. The highest BCUT2D eigenvalue weighted by Crippen LogP contribution is 2.21. The number of hydrogen-bond acceptors (Lipinski definition) is 4. The molecular formula is C17H25N3O3. The van der Waals surface area contributed by atoms with E-state index >= 15 is 0 Å². The average Bonchev–Trinajstić information content (AvgIpc) is 2.54. The topological polar surface area (TPSA) is 84.7 Å². The Morgan fingerprint density at radius 3 is 2.74 bits per heavy atom. The van der Waals surface area contributed by atoms with Crippen molar-refractivity contribution in [1.29, 1.82) is 0 Å². The number of esters is 1. The fraction of sp³-hybridized carbons (Fsp3) is 0.529. The number of para-hydroxylation sites is 1. The van der Waals surface area contributed by atoms with Gasteiger partial charge in [0.25, 0.3) is 0 Å². The van der Waals surface area contributed by atoms with Gasteiger partial charge in [0.1, 0.15) is 0 Å². The summed E-state index contributed by atoms with van der Waals surface area (Å²) in [6.07, 6.45) is 1.90. The number of anilines is 1. The number of piperidine rings is 1. The molecule has 126 valence electrons. The second-order valence-corrected chi connectivity index (χ2v) is 5.91. The summed E-state index contributed by atoms with van der Waals surface area (Å²) in [6, 6.07) is 9.14. The number of amides is 2. The molecule has 1 fully saturated rings. The maximum Gasteiger partial charge on any atom is 0.321 e. The van der Waals surface area contributed by atoms with Crippen LogP contribution in [0, 0.1) is 5.92 Å². The lowest BCUT2D eigenvalue weighted by atomic mass is 9.91. The first-order valence-electron chi connectivity index (χ1n) is 8.10. The molecule has 1 aliphatic heterocycles. The van der Waals surface area contributed by atoms with Crippen molar-refractivity contribution >= 4 is 17.7 Å². The molecule has 1 saturated heterocycles. The summed E-state index contributed by atoms with van der Waals surface area (Å²) < 4.78 is 4.95. The van der Waals surface area contributed by atoms with Crippen LogP contribution in [-0.4, -0.2) is 42.6 Å². The summed E-state index contributed by atoms with van der Waals surface area (Å²) in [4.78, 5) is 25.6. The molecular weight excluding hydrogens is 294 g/mol. The van der Waals surface area contributed by atoms with Crippen LogP contribution in [0.5, 0.6) is 0 Å². The number of carbonyl (C=O) groups excluding carboxylic acids is 2. The van der Waals surface area contributed by atoms with Crippen molar-refractivity contribution in [3.63, 3.8) is 0 Å². The monoisotopic (exact) mass is 319 g/mol. The fourth-order valence-corrected chi connectivity index (χ4v) is 2.90. The van der Waals surface area contributed by atoms with Crippen LogP contribution in [-0.2, 0) is 9.53 Å². The molecule has 2 rings (SSSR count). The van der Waals surface area contributed by atoms with Crippen LogP contribution >= 0.6 is 0 Å². The van der Waals surface area contributed by atoms with Crippen LogP contribution in [0.15, 0.2) is 30.3 Å². The Balaban J connectivity index is 1.86. The number of nitrogens with two attached hydrogens (primary N) is 1. The number of benzene rings is 1. The molecule has 1 aromatic rings. The molecule has 0 spiro atoms. The summed E-state index contributed by atoms with van der Waals surface area (Å²) in [5.74, 6) is 0.0385. The number of urea groups is 1. The maximum atomic E-state index is 12.4. The van der Waals surface area contributed by atoms with E-state index < -0.39 is 0 Å².